The lowest BCUT2D eigenvalue weighted by atomic mass is 10.2. The molecule has 2 heterocycles. The summed E-state index contributed by atoms with van der Waals surface area (Å²) >= 11 is 7.38. The quantitative estimate of drug-likeness (QED) is 0.688. The van der Waals surface area contributed by atoms with Gasteiger partial charge in [0.05, 0.1) is 13.2 Å². The molecule has 1 aliphatic rings. The van der Waals surface area contributed by atoms with Gasteiger partial charge in [0, 0.05) is 42.5 Å². The summed E-state index contributed by atoms with van der Waals surface area (Å²) in [6.45, 7) is 8.72. The third-order valence-electron chi connectivity index (χ3n) is 3.92. The van der Waals surface area contributed by atoms with Gasteiger partial charge in [-0.15, -0.1) is 10.2 Å². The van der Waals surface area contributed by atoms with Crippen LogP contribution in [0.25, 0.3) is 11.4 Å². The van der Waals surface area contributed by atoms with Crippen molar-refractivity contribution in [2.24, 2.45) is 0 Å². The van der Waals surface area contributed by atoms with Crippen LogP contribution in [0.4, 0.5) is 4.39 Å². The van der Waals surface area contributed by atoms with Gasteiger partial charge < -0.3 is 9.30 Å². The molecule has 0 spiro atoms. The molecule has 25 heavy (non-hydrogen) atoms. The number of aromatic nitrogens is 3. The number of morpholine rings is 1. The molecule has 1 fully saturated rings. The minimum Gasteiger partial charge on any atom is -0.379 e. The minimum atomic E-state index is -0.267. The van der Waals surface area contributed by atoms with Gasteiger partial charge in [-0.3, -0.25) is 4.90 Å². The van der Waals surface area contributed by atoms with Gasteiger partial charge in [0.2, 0.25) is 0 Å². The Morgan fingerprint density at radius 2 is 1.92 bits per heavy atom. The average Bonchev–Trinajstić information content (AvgIpc) is 3.02. The fraction of sp³-hybridized carbons (Fsp3) is 0.412. The number of halogens is 2. The summed E-state index contributed by atoms with van der Waals surface area (Å²) in [7, 11) is 0. The Morgan fingerprint density at radius 1 is 1.20 bits per heavy atom. The Morgan fingerprint density at radius 3 is 2.60 bits per heavy atom. The van der Waals surface area contributed by atoms with Crippen molar-refractivity contribution in [2.45, 2.75) is 11.7 Å². The van der Waals surface area contributed by atoms with E-state index in [2.05, 4.69) is 26.2 Å². The molecule has 0 aliphatic carbocycles. The van der Waals surface area contributed by atoms with Gasteiger partial charge in [-0.25, -0.2) is 4.39 Å². The second-order valence-corrected chi connectivity index (χ2v) is 7.20. The van der Waals surface area contributed by atoms with E-state index in [1.54, 1.807) is 12.1 Å². The summed E-state index contributed by atoms with van der Waals surface area (Å²) in [5.41, 5.74) is 0.840. The number of rotatable bonds is 7. The van der Waals surface area contributed by atoms with Gasteiger partial charge in [0.25, 0.3) is 0 Å². The van der Waals surface area contributed by atoms with Crippen molar-refractivity contribution >= 4 is 23.4 Å². The molecule has 0 unspecified atom stereocenters. The van der Waals surface area contributed by atoms with Crippen molar-refractivity contribution in [3.63, 3.8) is 0 Å². The maximum absolute atomic E-state index is 13.2. The van der Waals surface area contributed by atoms with E-state index in [1.807, 2.05) is 0 Å². The maximum Gasteiger partial charge on any atom is 0.191 e. The smallest absolute Gasteiger partial charge is 0.191 e. The summed E-state index contributed by atoms with van der Waals surface area (Å²) in [5.74, 6) is 1.04. The van der Waals surface area contributed by atoms with E-state index in [9.17, 15) is 4.39 Å². The highest BCUT2D eigenvalue weighted by Crippen LogP contribution is 2.26. The number of hydrogen-bond donors (Lipinski definition) is 0. The predicted molar refractivity (Wildman–Crippen MR) is 98.4 cm³/mol. The maximum atomic E-state index is 13.2. The lowest BCUT2D eigenvalue weighted by Crippen LogP contribution is -2.38. The van der Waals surface area contributed by atoms with E-state index in [1.165, 1.54) is 23.9 Å². The summed E-state index contributed by atoms with van der Waals surface area (Å²) in [5, 5.41) is 9.95. The molecule has 0 radical (unpaired) electrons. The SMILES string of the molecule is C=C(Cl)CSc1nnc(-c2ccc(F)cc2)n1CCN1CCOCC1. The first-order chi connectivity index (χ1) is 12.1. The molecule has 1 aromatic heterocycles. The van der Waals surface area contributed by atoms with Gasteiger partial charge in [0.15, 0.2) is 11.0 Å². The lowest BCUT2D eigenvalue weighted by molar-refractivity contribution is 0.0361. The zero-order chi connectivity index (χ0) is 17.6. The minimum absolute atomic E-state index is 0.267. The van der Waals surface area contributed by atoms with Crippen LogP contribution in [0.3, 0.4) is 0 Å². The number of nitrogens with zero attached hydrogens (tertiary/aromatic N) is 4. The van der Waals surface area contributed by atoms with Crippen LogP contribution in [0.15, 0.2) is 41.0 Å². The highest BCUT2D eigenvalue weighted by Gasteiger charge is 2.17. The van der Waals surface area contributed by atoms with Crippen molar-refractivity contribution in [1.29, 1.82) is 0 Å². The zero-order valence-corrected chi connectivity index (χ0v) is 15.4. The monoisotopic (exact) mass is 382 g/mol. The van der Waals surface area contributed by atoms with E-state index >= 15 is 0 Å². The normalized spacial score (nSPS) is 15.4. The van der Waals surface area contributed by atoms with Crippen molar-refractivity contribution in [2.75, 3.05) is 38.6 Å². The van der Waals surface area contributed by atoms with E-state index in [0.29, 0.717) is 10.8 Å². The molecule has 2 aromatic rings. The molecule has 1 aromatic carbocycles. The third-order valence-corrected chi connectivity index (χ3v) is 5.27. The highest BCUT2D eigenvalue weighted by atomic mass is 35.5. The van der Waals surface area contributed by atoms with E-state index < -0.39 is 0 Å². The van der Waals surface area contributed by atoms with Crippen LogP contribution in [-0.4, -0.2) is 58.3 Å². The van der Waals surface area contributed by atoms with Crippen molar-refractivity contribution < 1.29 is 9.13 Å². The van der Waals surface area contributed by atoms with Crippen LogP contribution in [0.1, 0.15) is 0 Å². The molecule has 1 aliphatic heterocycles. The summed E-state index contributed by atoms with van der Waals surface area (Å²) in [6.07, 6.45) is 0. The largest absolute Gasteiger partial charge is 0.379 e. The Hall–Kier alpha value is -1.41. The highest BCUT2D eigenvalue weighted by molar-refractivity contribution is 7.99. The molecule has 134 valence electrons. The van der Waals surface area contributed by atoms with Gasteiger partial charge in [0.1, 0.15) is 5.82 Å². The number of benzene rings is 1. The number of hydrogen-bond acceptors (Lipinski definition) is 5. The molecule has 8 heteroatoms. The van der Waals surface area contributed by atoms with Crippen LogP contribution in [-0.2, 0) is 11.3 Å². The fourth-order valence-electron chi connectivity index (χ4n) is 2.62. The van der Waals surface area contributed by atoms with Gasteiger partial charge in [-0.2, -0.15) is 0 Å². The summed E-state index contributed by atoms with van der Waals surface area (Å²) < 4.78 is 20.7. The molecule has 1 saturated heterocycles. The van der Waals surface area contributed by atoms with Crippen LogP contribution in [0.2, 0.25) is 0 Å². The lowest BCUT2D eigenvalue weighted by Gasteiger charge is -2.27. The van der Waals surface area contributed by atoms with Crippen molar-refractivity contribution in [1.82, 2.24) is 19.7 Å². The first-order valence-corrected chi connectivity index (χ1v) is 9.45. The predicted octanol–water partition coefficient (Wildman–Crippen LogP) is 3.26. The molecule has 0 atom stereocenters. The summed E-state index contributed by atoms with van der Waals surface area (Å²) in [6, 6.07) is 6.31. The van der Waals surface area contributed by atoms with Crippen molar-refractivity contribution in [3.8, 4) is 11.4 Å². The first-order valence-electron chi connectivity index (χ1n) is 8.09. The molecule has 0 amide bonds. The van der Waals surface area contributed by atoms with Gasteiger partial charge >= 0.3 is 0 Å². The van der Waals surface area contributed by atoms with E-state index in [0.717, 1.165) is 55.9 Å². The first kappa shape index (κ1) is 18.4. The standard InChI is InChI=1S/C17H20ClFN4OS/c1-13(18)12-25-17-21-20-16(14-2-4-15(19)5-3-14)23(17)7-6-22-8-10-24-11-9-22/h2-5H,1,6-12H2. The Bertz CT molecular complexity index is 716. The molecule has 5 nitrogen and oxygen atoms in total. The van der Waals surface area contributed by atoms with Crippen LogP contribution >= 0.6 is 23.4 Å². The van der Waals surface area contributed by atoms with Gasteiger partial charge in [-0.05, 0) is 24.3 Å². The Kier molecular flexibility index (Phi) is 6.47. The molecule has 3 rings (SSSR count). The Balaban J connectivity index is 1.80. The van der Waals surface area contributed by atoms with Gasteiger partial charge in [-0.1, -0.05) is 29.9 Å². The third kappa shape index (κ3) is 5.04. The second kappa shape index (κ2) is 8.80. The number of thioether (sulfide) groups is 1. The molecule has 0 bridgehead atoms. The van der Waals surface area contributed by atoms with Crippen LogP contribution in [0, 0.1) is 5.82 Å². The van der Waals surface area contributed by atoms with E-state index in [-0.39, 0.29) is 5.82 Å². The number of ether oxygens (including phenoxy) is 1. The van der Waals surface area contributed by atoms with Crippen LogP contribution in [0.5, 0.6) is 0 Å². The molecule has 0 N–H and O–H groups in total. The Labute approximate surface area is 155 Å². The van der Waals surface area contributed by atoms with Crippen molar-refractivity contribution in [3.05, 3.63) is 41.7 Å². The molecule has 0 saturated carbocycles. The zero-order valence-electron chi connectivity index (χ0n) is 13.8. The average molecular weight is 383 g/mol. The topological polar surface area (TPSA) is 43.2 Å². The van der Waals surface area contributed by atoms with Crippen LogP contribution < -0.4 is 0 Å². The molecular formula is C17H20ClFN4OS. The summed E-state index contributed by atoms with van der Waals surface area (Å²) in [4.78, 5) is 2.35. The molecular weight excluding hydrogens is 363 g/mol. The second-order valence-electron chi connectivity index (χ2n) is 5.72. The fourth-order valence-corrected chi connectivity index (χ4v) is 3.50. The van der Waals surface area contributed by atoms with E-state index in [4.69, 9.17) is 16.3 Å².